The van der Waals surface area contributed by atoms with Gasteiger partial charge in [-0.3, -0.25) is 4.79 Å². The van der Waals surface area contributed by atoms with Gasteiger partial charge in [-0.05, 0) is 6.42 Å². The van der Waals surface area contributed by atoms with Crippen molar-refractivity contribution in [2.45, 2.75) is 13.3 Å². The van der Waals surface area contributed by atoms with Gasteiger partial charge in [0.2, 0.25) is 5.91 Å². The summed E-state index contributed by atoms with van der Waals surface area (Å²) in [5.41, 5.74) is 5.51. The molecule has 4 N–H and O–H groups in total. The molecule has 1 atom stereocenters. The second-order valence-electron chi connectivity index (χ2n) is 4.11. The van der Waals surface area contributed by atoms with Crippen LogP contribution in [0.15, 0.2) is 0 Å². The first-order valence-corrected chi connectivity index (χ1v) is 7.17. The lowest BCUT2D eigenvalue weighted by Crippen LogP contribution is -2.53. The van der Waals surface area contributed by atoms with Crippen LogP contribution in [0.1, 0.15) is 13.3 Å². The Morgan fingerprint density at radius 2 is 1.82 bits per heavy atom. The molecule has 17 heavy (non-hydrogen) atoms. The van der Waals surface area contributed by atoms with Crippen LogP contribution in [0.2, 0.25) is 0 Å². The Morgan fingerprint density at radius 1 is 1.29 bits per heavy atom. The van der Waals surface area contributed by atoms with Gasteiger partial charge in [-0.2, -0.15) is 12.7 Å². The van der Waals surface area contributed by atoms with Crippen LogP contribution in [0, 0.1) is 5.92 Å². The van der Waals surface area contributed by atoms with Crippen molar-refractivity contribution in [2.24, 2.45) is 16.8 Å². The highest BCUT2D eigenvalue weighted by atomic mass is 32.2. The monoisotopic (exact) mass is 264 g/mol. The molecule has 1 saturated heterocycles. The molecule has 0 spiro atoms. The average Bonchev–Trinajstić information content (AvgIpc) is 2.29. The Hall–Kier alpha value is -0.700. The van der Waals surface area contributed by atoms with E-state index in [1.165, 1.54) is 4.31 Å². The Labute approximate surface area is 102 Å². The molecular formula is C9H20N4O3S. The molecular weight excluding hydrogens is 244 g/mol. The lowest BCUT2D eigenvalue weighted by Gasteiger charge is -2.34. The van der Waals surface area contributed by atoms with Crippen LogP contribution in [-0.2, 0) is 15.0 Å². The molecule has 0 saturated carbocycles. The van der Waals surface area contributed by atoms with Crippen molar-refractivity contribution in [3.05, 3.63) is 0 Å². The molecule has 0 aromatic heterocycles. The van der Waals surface area contributed by atoms with Gasteiger partial charge in [-0.1, -0.05) is 6.92 Å². The number of piperazine rings is 1. The van der Waals surface area contributed by atoms with Crippen LogP contribution in [0.25, 0.3) is 0 Å². The van der Waals surface area contributed by atoms with Gasteiger partial charge in [0.1, 0.15) is 0 Å². The fraction of sp³-hybridized carbons (Fsp3) is 0.889. The second kappa shape index (κ2) is 5.76. The summed E-state index contributed by atoms with van der Waals surface area (Å²) in [7, 11) is -3.64. The van der Waals surface area contributed by atoms with E-state index in [-0.39, 0.29) is 24.9 Å². The minimum Gasteiger partial charge on any atom is -0.340 e. The molecule has 1 aliphatic heterocycles. The number of amides is 1. The molecule has 8 heteroatoms. The van der Waals surface area contributed by atoms with Crippen LogP contribution in [0.5, 0.6) is 0 Å². The van der Waals surface area contributed by atoms with Crippen LogP contribution in [0.4, 0.5) is 0 Å². The minimum atomic E-state index is -3.64. The third kappa shape index (κ3) is 3.63. The summed E-state index contributed by atoms with van der Waals surface area (Å²) in [6.45, 7) is 3.51. The zero-order chi connectivity index (χ0) is 13.1. The molecule has 0 bridgehead atoms. The summed E-state index contributed by atoms with van der Waals surface area (Å²) in [5.74, 6) is -0.167. The SMILES string of the molecule is CCC(CN)C(=O)N1CCN(S(N)(=O)=O)CC1. The molecule has 0 aromatic carbocycles. The number of nitrogens with zero attached hydrogens (tertiary/aromatic N) is 2. The second-order valence-corrected chi connectivity index (χ2v) is 5.66. The van der Waals surface area contributed by atoms with Crippen LogP contribution >= 0.6 is 0 Å². The van der Waals surface area contributed by atoms with Crippen molar-refractivity contribution in [1.82, 2.24) is 9.21 Å². The molecule has 0 radical (unpaired) electrons. The fourth-order valence-corrected chi connectivity index (χ4v) is 2.54. The van der Waals surface area contributed by atoms with Gasteiger partial charge in [-0.15, -0.1) is 0 Å². The Balaban J connectivity index is 2.55. The van der Waals surface area contributed by atoms with E-state index in [4.69, 9.17) is 10.9 Å². The molecule has 1 unspecified atom stereocenters. The predicted octanol–water partition coefficient (Wildman–Crippen LogP) is -1.68. The largest absolute Gasteiger partial charge is 0.340 e. The van der Waals surface area contributed by atoms with Crippen molar-refractivity contribution in [1.29, 1.82) is 0 Å². The van der Waals surface area contributed by atoms with E-state index < -0.39 is 10.2 Å². The van der Waals surface area contributed by atoms with Crippen molar-refractivity contribution >= 4 is 16.1 Å². The van der Waals surface area contributed by atoms with E-state index in [9.17, 15) is 13.2 Å². The Bertz CT molecular complexity index is 358. The first-order chi connectivity index (χ1) is 7.90. The number of hydrogen-bond acceptors (Lipinski definition) is 4. The zero-order valence-electron chi connectivity index (χ0n) is 10.0. The molecule has 1 aliphatic rings. The van der Waals surface area contributed by atoms with Crippen molar-refractivity contribution in [3.63, 3.8) is 0 Å². The van der Waals surface area contributed by atoms with Gasteiger partial charge < -0.3 is 10.6 Å². The molecule has 1 amide bonds. The van der Waals surface area contributed by atoms with E-state index in [1.54, 1.807) is 4.90 Å². The first-order valence-electron chi connectivity index (χ1n) is 5.66. The van der Waals surface area contributed by atoms with Crippen molar-refractivity contribution < 1.29 is 13.2 Å². The molecule has 0 aliphatic carbocycles. The highest BCUT2D eigenvalue weighted by Gasteiger charge is 2.28. The number of carbonyl (C=O) groups excluding carboxylic acids is 1. The van der Waals surface area contributed by atoms with Gasteiger partial charge in [0.25, 0.3) is 10.2 Å². The maximum Gasteiger partial charge on any atom is 0.277 e. The van der Waals surface area contributed by atoms with E-state index in [2.05, 4.69) is 0 Å². The average molecular weight is 264 g/mol. The van der Waals surface area contributed by atoms with E-state index in [0.717, 1.165) is 0 Å². The number of rotatable bonds is 4. The fourth-order valence-electron chi connectivity index (χ4n) is 1.86. The third-order valence-electron chi connectivity index (χ3n) is 3.04. The van der Waals surface area contributed by atoms with Gasteiger partial charge in [0.05, 0.1) is 5.92 Å². The van der Waals surface area contributed by atoms with Crippen molar-refractivity contribution in [2.75, 3.05) is 32.7 Å². The normalized spacial score (nSPS) is 20.3. The zero-order valence-corrected chi connectivity index (χ0v) is 10.8. The van der Waals surface area contributed by atoms with E-state index in [1.807, 2.05) is 6.92 Å². The number of hydrogen-bond donors (Lipinski definition) is 2. The third-order valence-corrected chi connectivity index (χ3v) is 4.12. The summed E-state index contributed by atoms with van der Waals surface area (Å²) >= 11 is 0. The molecule has 0 aromatic rings. The minimum absolute atomic E-state index is 0.00377. The Kier molecular flexibility index (Phi) is 4.87. The lowest BCUT2D eigenvalue weighted by atomic mass is 10.1. The highest BCUT2D eigenvalue weighted by molar-refractivity contribution is 7.86. The molecule has 1 rings (SSSR count). The van der Waals surface area contributed by atoms with Crippen LogP contribution in [0.3, 0.4) is 0 Å². The topological polar surface area (TPSA) is 110 Å². The summed E-state index contributed by atoms with van der Waals surface area (Å²) in [5, 5.41) is 5.02. The van der Waals surface area contributed by atoms with Gasteiger partial charge in [-0.25, -0.2) is 5.14 Å². The highest BCUT2D eigenvalue weighted by Crippen LogP contribution is 2.10. The van der Waals surface area contributed by atoms with E-state index in [0.29, 0.717) is 26.1 Å². The van der Waals surface area contributed by atoms with Crippen LogP contribution in [-0.4, -0.2) is 56.3 Å². The number of carbonyl (C=O) groups is 1. The maximum absolute atomic E-state index is 12.0. The van der Waals surface area contributed by atoms with Crippen LogP contribution < -0.4 is 10.9 Å². The summed E-state index contributed by atoms with van der Waals surface area (Å²) < 4.78 is 23.4. The van der Waals surface area contributed by atoms with Gasteiger partial charge in [0, 0.05) is 32.7 Å². The smallest absolute Gasteiger partial charge is 0.277 e. The molecule has 1 heterocycles. The first kappa shape index (κ1) is 14.4. The number of nitrogens with two attached hydrogens (primary N) is 2. The maximum atomic E-state index is 12.0. The van der Waals surface area contributed by atoms with Gasteiger partial charge in [0.15, 0.2) is 0 Å². The van der Waals surface area contributed by atoms with Crippen molar-refractivity contribution in [3.8, 4) is 0 Å². The Morgan fingerprint density at radius 3 is 2.18 bits per heavy atom. The molecule has 1 fully saturated rings. The quantitative estimate of drug-likeness (QED) is 0.632. The predicted molar refractivity (Wildman–Crippen MR) is 64.1 cm³/mol. The van der Waals surface area contributed by atoms with E-state index >= 15 is 0 Å². The standard InChI is InChI=1S/C9H20N4O3S/c1-2-8(7-10)9(14)12-3-5-13(6-4-12)17(11,15)16/h8H,2-7,10H2,1H3,(H2,11,15,16). The molecule has 7 nitrogen and oxygen atoms in total. The summed E-state index contributed by atoms with van der Waals surface area (Å²) in [4.78, 5) is 13.6. The summed E-state index contributed by atoms with van der Waals surface area (Å²) in [6.07, 6.45) is 0.699. The molecule has 100 valence electrons. The lowest BCUT2D eigenvalue weighted by molar-refractivity contribution is -0.136. The summed E-state index contributed by atoms with van der Waals surface area (Å²) in [6, 6.07) is 0. The van der Waals surface area contributed by atoms with Gasteiger partial charge >= 0.3 is 0 Å².